The molecule has 3 rings (SSSR count). The topological polar surface area (TPSA) is 55.9 Å². The Morgan fingerprint density at radius 2 is 1.86 bits per heavy atom. The monoisotopic (exact) mass is 406 g/mol. The van der Waals surface area contributed by atoms with Crippen LogP contribution in [0.15, 0.2) is 24.3 Å². The molecule has 0 aliphatic carbocycles. The van der Waals surface area contributed by atoms with Gasteiger partial charge in [-0.3, -0.25) is 14.5 Å². The van der Waals surface area contributed by atoms with E-state index < -0.39 is 0 Å². The highest BCUT2D eigenvalue weighted by molar-refractivity contribution is 6.30. The summed E-state index contributed by atoms with van der Waals surface area (Å²) >= 11 is 5.92. The number of rotatable bonds is 7. The van der Waals surface area contributed by atoms with Crippen molar-refractivity contribution in [1.82, 2.24) is 20.0 Å². The summed E-state index contributed by atoms with van der Waals surface area (Å²) in [6.07, 6.45) is 1.88. The molecule has 2 aliphatic rings. The third-order valence-electron chi connectivity index (χ3n) is 5.78. The highest BCUT2D eigenvalue weighted by Crippen LogP contribution is 2.19. The van der Waals surface area contributed by atoms with Crippen molar-refractivity contribution in [2.45, 2.75) is 19.3 Å². The summed E-state index contributed by atoms with van der Waals surface area (Å²) in [5.74, 6) is 0.129. The number of piperazine rings is 1. The fourth-order valence-electron chi connectivity index (χ4n) is 3.81. The van der Waals surface area contributed by atoms with E-state index >= 15 is 0 Å². The second-order valence-electron chi connectivity index (χ2n) is 7.89. The largest absolute Gasteiger partial charge is 0.355 e. The Kier molecular flexibility index (Phi) is 7.71. The molecule has 2 heterocycles. The summed E-state index contributed by atoms with van der Waals surface area (Å²) in [5, 5.41) is 3.79. The molecular formula is C21H31ClN4O2. The molecule has 1 unspecified atom stereocenters. The normalized spacial score (nSPS) is 21.7. The standard InChI is InChI=1S/C21H31ClN4O2/c1-24-12-14-25(15-13-24)11-9-23-21(28)18-4-7-20(27)26(16-18)10-8-17-2-5-19(22)6-3-17/h2-3,5-6,18H,4,7-16H2,1H3,(H,23,28). The molecule has 2 fully saturated rings. The van der Waals surface area contributed by atoms with Gasteiger partial charge in [0.25, 0.3) is 0 Å². The molecule has 6 nitrogen and oxygen atoms in total. The van der Waals surface area contributed by atoms with E-state index in [1.54, 1.807) is 0 Å². The van der Waals surface area contributed by atoms with Crippen LogP contribution in [0.3, 0.4) is 0 Å². The first-order chi connectivity index (χ1) is 13.5. The van der Waals surface area contributed by atoms with Crippen molar-refractivity contribution in [3.63, 3.8) is 0 Å². The van der Waals surface area contributed by atoms with E-state index in [1.165, 1.54) is 0 Å². The number of nitrogens with zero attached hydrogens (tertiary/aromatic N) is 3. The zero-order chi connectivity index (χ0) is 19.9. The van der Waals surface area contributed by atoms with Crippen LogP contribution in [0.1, 0.15) is 18.4 Å². The number of amides is 2. The molecule has 1 atom stereocenters. The van der Waals surface area contributed by atoms with Crippen LogP contribution in [0, 0.1) is 5.92 Å². The Morgan fingerprint density at radius 1 is 1.14 bits per heavy atom. The first kappa shape index (κ1) is 21.1. The summed E-state index contributed by atoms with van der Waals surface area (Å²) in [6.45, 7) is 7.02. The van der Waals surface area contributed by atoms with Gasteiger partial charge in [-0.05, 0) is 37.6 Å². The van der Waals surface area contributed by atoms with Gasteiger partial charge in [0.2, 0.25) is 11.8 Å². The van der Waals surface area contributed by atoms with Crippen molar-refractivity contribution in [2.24, 2.45) is 5.92 Å². The van der Waals surface area contributed by atoms with Gasteiger partial charge < -0.3 is 15.1 Å². The summed E-state index contributed by atoms with van der Waals surface area (Å²) in [7, 11) is 2.14. The van der Waals surface area contributed by atoms with Crippen LogP contribution in [0.5, 0.6) is 0 Å². The molecule has 2 saturated heterocycles. The highest BCUT2D eigenvalue weighted by atomic mass is 35.5. The second kappa shape index (κ2) is 10.2. The van der Waals surface area contributed by atoms with E-state index in [-0.39, 0.29) is 17.7 Å². The van der Waals surface area contributed by atoms with Gasteiger partial charge in [-0.15, -0.1) is 0 Å². The third-order valence-corrected chi connectivity index (χ3v) is 6.03. The van der Waals surface area contributed by atoms with Crippen molar-refractivity contribution < 1.29 is 9.59 Å². The van der Waals surface area contributed by atoms with E-state index in [2.05, 4.69) is 22.2 Å². The number of piperidine rings is 1. The average molecular weight is 407 g/mol. The fourth-order valence-corrected chi connectivity index (χ4v) is 3.94. The van der Waals surface area contributed by atoms with Crippen molar-refractivity contribution in [3.8, 4) is 0 Å². The molecule has 7 heteroatoms. The Bertz CT molecular complexity index is 659. The molecule has 0 spiro atoms. The number of carbonyl (C=O) groups is 2. The van der Waals surface area contributed by atoms with E-state index in [0.29, 0.717) is 37.5 Å². The molecule has 1 aromatic carbocycles. The predicted octanol–water partition coefficient (Wildman–Crippen LogP) is 1.48. The first-order valence-electron chi connectivity index (χ1n) is 10.2. The minimum atomic E-state index is -0.101. The van der Waals surface area contributed by atoms with Crippen molar-refractivity contribution in [3.05, 3.63) is 34.9 Å². The molecule has 28 heavy (non-hydrogen) atoms. The van der Waals surface area contributed by atoms with Crippen LogP contribution in [0.25, 0.3) is 0 Å². The SMILES string of the molecule is CN1CCN(CCNC(=O)C2CCC(=O)N(CCc3ccc(Cl)cc3)C2)CC1. The van der Waals surface area contributed by atoms with Crippen molar-refractivity contribution in [1.29, 1.82) is 0 Å². The smallest absolute Gasteiger partial charge is 0.224 e. The van der Waals surface area contributed by atoms with Crippen LogP contribution in [-0.4, -0.2) is 85.9 Å². The third kappa shape index (κ3) is 6.19. The number of carbonyl (C=O) groups excluding carboxylic acids is 2. The minimum Gasteiger partial charge on any atom is -0.355 e. The lowest BCUT2D eigenvalue weighted by molar-refractivity contribution is -0.138. The van der Waals surface area contributed by atoms with Crippen LogP contribution in [0.2, 0.25) is 5.02 Å². The van der Waals surface area contributed by atoms with Crippen LogP contribution >= 0.6 is 11.6 Å². The Labute approximate surface area is 172 Å². The zero-order valence-electron chi connectivity index (χ0n) is 16.7. The maximum atomic E-state index is 12.6. The summed E-state index contributed by atoms with van der Waals surface area (Å²) < 4.78 is 0. The van der Waals surface area contributed by atoms with Gasteiger partial charge in [0, 0.05) is 63.8 Å². The zero-order valence-corrected chi connectivity index (χ0v) is 17.5. The summed E-state index contributed by atoms with van der Waals surface area (Å²) in [5.41, 5.74) is 1.15. The lowest BCUT2D eigenvalue weighted by Crippen LogP contribution is -2.49. The number of hydrogen-bond acceptors (Lipinski definition) is 4. The molecule has 0 radical (unpaired) electrons. The lowest BCUT2D eigenvalue weighted by atomic mass is 9.96. The Balaban J connectivity index is 1.40. The van der Waals surface area contributed by atoms with Gasteiger partial charge in [-0.1, -0.05) is 23.7 Å². The quantitative estimate of drug-likeness (QED) is 0.745. The Morgan fingerprint density at radius 3 is 2.57 bits per heavy atom. The number of hydrogen-bond donors (Lipinski definition) is 1. The van der Waals surface area contributed by atoms with Gasteiger partial charge >= 0.3 is 0 Å². The molecule has 0 saturated carbocycles. The van der Waals surface area contributed by atoms with Crippen LogP contribution in [-0.2, 0) is 16.0 Å². The number of likely N-dealkylation sites (N-methyl/N-ethyl adjacent to an activating group) is 1. The molecular weight excluding hydrogens is 376 g/mol. The Hall–Kier alpha value is -1.63. The maximum absolute atomic E-state index is 12.6. The van der Waals surface area contributed by atoms with Crippen molar-refractivity contribution in [2.75, 3.05) is 59.4 Å². The highest BCUT2D eigenvalue weighted by Gasteiger charge is 2.29. The van der Waals surface area contributed by atoms with Gasteiger partial charge in [-0.2, -0.15) is 0 Å². The van der Waals surface area contributed by atoms with E-state index in [0.717, 1.165) is 44.7 Å². The predicted molar refractivity (Wildman–Crippen MR) is 111 cm³/mol. The summed E-state index contributed by atoms with van der Waals surface area (Å²) in [4.78, 5) is 31.4. The number of nitrogens with one attached hydrogen (secondary N) is 1. The van der Waals surface area contributed by atoms with Gasteiger partial charge in [-0.25, -0.2) is 0 Å². The first-order valence-corrected chi connectivity index (χ1v) is 10.6. The average Bonchev–Trinajstić information content (AvgIpc) is 2.70. The van der Waals surface area contributed by atoms with Crippen LogP contribution in [0.4, 0.5) is 0 Å². The van der Waals surface area contributed by atoms with Gasteiger partial charge in [0.15, 0.2) is 0 Å². The molecule has 154 valence electrons. The van der Waals surface area contributed by atoms with E-state index in [9.17, 15) is 9.59 Å². The molecule has 2 aliphatic heterocycles. The maximum Gasteiger partial charge on any atom is 0.224 e. The number of benzene rings is 1. The van der Waals surface area contributed by atoms with E-state index in [4.69, 9.17) is 11.6 Å². The fraction of sp³-hybridized carbons (Fsp3) is 0.619. The van der Waals surface area contributed by atoms with Crippen molar-refractivity contribution >= 4 is 23.4 Å². The van der Waals surface area contributed by atoms with E-state index in [1.807, 2.05) is 29.2 Å². The summed E-state index contributed by atoms with van der Waals surface area (Å²) in [6, 6.07) is 7.70. The van der Waals surface area contributed by atoms with Gasteiger partial charge in [0.05, 0.1) is 5.92 Å². The lowest BCUT2D eigenvalue weighted by Gasteiger charge is -2.33. The molecule has 0 aromatic heterocycles. The van der Waals surface area contributed by atoms with Crippen LogP contribution < -0.4 is 5.32 Å². The number of likely N-dealkylation sites (tertiary alicyclic amines) is 1. The minimum absolute atomic E-state index is 0.0816. The molecule has 0 bridgehead atoms. The number of halogens is 1. The molecule has 2 amide bonds. The molecule has 1 aromatic rings. The second-order valence-corrected chi connectivity index (χ2v) is 8.32. The molecule has 1 N–H and O–H groups in total. The van der Waals surface area contributed by atoms with Gasteiger partial charge in [0.1, 0.15) is 0 Å².